The number of carbonyl (C=O) groups excluding carboxylic acids is 3. The third-order valence-electron chi connectivity index (χ3n) is 4.62. The molecule has 0 aliphatic carbocycles. The first-order chi connectivity index (χ1) is 14.6. The lowest BCUT2D eigenvalue weighted by atomic mass is 9.98. The van der Waals surface area contributed by atoms with Crippen molar-refractivity contribution in [2.24, 2.45) is 5.92 Å². The molecule has 0 aromatic heterocycles. The van der Waals surface area contributed by atoms with Gasteiger partial charge >= 0.3 is 0 Å². The zero-order chi connectivity index (χ0) is 23.1. The molecule has 6 nitrogen and oxygen atoms in total. The molecule has 0 spiro atoms. The van der Waals surface area contributed by atoms with E-state index >= 15 is 0 Å². The highest BCUT2D eigenvalue weighted by molar-refractivity contribution is 6.30. The van der Waals surface area contributed by atoms with E-state index in [0.29, 0.717) is 23.1 Å². The van der Waals surface area contributed by atoms with Crippen LogP contribution in [0.5, 0.6) is 0 Å². The average Bonchev–Trinajstić information content (AvgIpc) is 2.76. The van der Waals surface area contributed by atoms with Crippen LogP contribution in [0.3, 0.4) is 0 Å². The Balaban J connectivity index is 2.00. The van der Waals surface area contributed by atoms with Gasteiger partial charge in [-0.25, -0.2) is 13.2 Å². The summed E-state index contributed by atoms with van der Waals surface area (Å²) in [7, 11) is 0. The number of benzene rings is 2. The smallest absolute Gasteiger partial charge is 0.251 e. The van der Waals surface area contributed by atoms with Crippen LogP contribution in [0.15, 0.2) is 36.4 Å². The van der Waals surface area contributed by atoms with Crippen LogP contribution in [0.1, 0.15) is 30.6 Å². The molecule has 31 heavy (non-hydrogen) atoms. The molecule has 0 heterocycles. The van der Waals surface area contributed by atoms with Gasteiger partial charge in [0, 0.05) is 10.6 Å². The zero-order valence-corrected chi connectivity index (χ0v) is 17.5. The van der Waals surface area contributed by atoms with Gasteiger partial charge in [-0.2, -0.15) is 0 Å². The first-order valence-electron chi connectivity index (χ1n) is 9.41. The number of amides is 3. The molecule has 0 aliphatic heterocycles. The Morgan fingerprint density at radius 3 is 2.26 bits per heavy atom. The monoisotopic (exact) mass is 455 g/mol. The number of rotatable bonds is 8. The molecule has 2 aromatic carbocycles. The van der Waals surface area contributed by atoms with E-state index in [4.69, 9.17) is 11.6 Å². The Bertz CT molecular complexity index is 970. The third kappa shape index (κ3) is 6.45. The normalized spacial score (nSPS) is 12.6. The summed E-state index contributed by atoms with van der Waals surface area (Å²) in [5.74, 6) is -6.90. The third-order valence-corrected chi connectivity index (χ3v) is 4.87. The van der Waals surface area contributed by atoms with Crippen molar-refractivity contribution in [3.63, 3.8) is 0 Å². The van der Waals surface area contributed by atoms with Gasteiger partial charge < -0.3 is 16.0 Å². The minimum atomic E-state index is -1.72. The van der Waals surface area contributed by atoms with Gasteiger partial charge in [0.05, 0.1) is 12.2 Å². The number of hydrogen-bond donors (Lipinski definition) is 3. The molecule has 2 aromatic rings. The van der Waals surface area contributed by atoms with Crippen LogP contribution in [0.2, 0.25) is 5.02 Å². The van der Waals surface area contributed by atoms with Crippen LogP contribution in [0.4, 0.5) is 18.9 Å². The SMILES string of the molecule is CCC(C)C(NC(=O)c1ccc(Cl)cc1)C(=O)NCC(=O)Nc1ccc(F)c(F)c1F. The van der Waals surface area contributed by atoms with Crippen molar-refractivity contribution < 1.29 is 27.6 Å². The highest BCUT2D eigenvalue weighted by Crippen LogP contribution is 2.19. The van der Waals surface area contributed by atoms with Crippen molar-refractivity contribution in [3.8, 4) is 0 Å². The maximum absolute atomic E-state index is 13.7. The maximum atomic E-state index is 13.7. The fraction of sp³-hybridized carbons (Fsp3) is 0.286. The second-order valence-corrected chi connectivity index (χ2v) is 7.27. The second-order valence-electron chi connectivity index (χ2n) is 6.83. The molecule has 166 valence electrons. The number of halogens is 4. The molecule has 0 fully saturated rings. The predicted octanol–water partition coefficient (Wildman–Crippen LogP) is 3.66. The molecular formula is C21H21ClF3N3O3. The largest absolute Gasteiger partial charge is 0.345 e. The lowest BCUT2D eigenvalue weighted by Gasteiger charge is -2.23. The first kappa shape index (κ1) is 24.2. The quantitative estimate of drug-likeness (QED) is 0.531. The van der Waals surface area contributed by atoms with E-state index in [1.807, 2.05) is 6.92 Å². The Morgan fingerprint density at radius 1 is 1.00 bits per heavy atom. The van der Waals surface area contributed by atoms with Crippen LogP contribution >= 0.6 is 11.6 Å². The van der Waals surface area contributed by atoms with Gasteiger partial charge in [-0.1, -0.05) is 31.9 Å². The Kier molecular flexibility index (Phi) is 8.44. The van der Waals surface area contributed by atoms with E-state index in [1.54, 1.807) is 6.92 Å². The van der Waals surface area contributed by atoms with E-state index < -0.39 is 53.4 Å². The lowest BCUT2D eigenvalue weighted by Crippen LogP contribution is -2.51. The highest BCUT2D eigenvalue weighted by atomic mass is 35.5. The van der Waals surface area contributed by atoms with Crippen LogP contribution in [-0.4, -0.2) is 30.3 Å². The molecule has 2 rings (SSSR count). The molecule has 0 bridgehead atoms. The fourth-order valence-electron chi connectivity index (χ4n) is 2.62. The van der Waals surface area contributed by atoms with Crippen LogP contribution in [0, 0.1) is 23.4 Å². The Hall–Kier alpha value is -3.07. The van der Waals surface area contributed by atoms with Gasteiger partial charge in [0.15, 0.2) is 17.5 Å². The van der Waals surface area contributed by atoms with Crippen molar-refractivity contribution in [2.75, 3.05) is 11.9 Å². The first-order valence-corrected chi connectivity index (χ1v) is 9.79. The number of anilines is 1. The number of hydrogen-bond acceptors (Lipinski definition) is 3. The van der Waals surface area contributed by atoms with Gasteiger partial charge in [0.2, 0.25) is 11.8 Å². The van der Waals surface area contributed by atoms with E-state index in [-0.39, 0.29) is 5.92 Å². The zero-order valence-electron chi connectivity index (χ0n) is 16.8. The maximum Gasteiger partial charge on any atom is 0.251 e. The summed E-state index contributed by atoms with van der Waals surface area (Å²) in [4.78, 5) is 37.0. The van der Waals surface area contributed by atoms with E-state index in [0.717, 1.165) is 6.07 Å². The summed E-state index contributed by atoms with van der Waals surface area (Å²) >= 11 is 5.80. The van der Waals surface area contributed by atoms with E-state index in [2.05, 4.69) is 16.0 Å². The molecule has 2 unspecified atom stereocenters. The van der Waals surface area contributed by atoms with E-state index in [9.17, 15) is 27.6 Å². The van der Waals surface area contributed by atoms with Crippen molar-refractivity contribution in [1.82, 2.24) is 10.6 Å². The molecule has 0 saturated carbocycles. The Labute approximate surface area is 182 Å². The van der Waals surface area contributed by atoms with E-state index in [1.165, 1.54) is 24.3 Å². The van der Waals surface area contributed by atoms with Gasteiger partial charge in [0.1, 0.15) is 6.04 Å². The van der Waals surface area contributed by atoms with Gasteiger partial charge in [-0.15, -0.1) is 0 Å². The highest BCUT2D eigenvalue weighted by Gasteiger charge is 2.27. The predicted molar refractivity (Wildman–Crippen MR) is 110 cm³/mol. The van der Waals surface area contributed by atoms with Crippen molar-refractivity contribution in [3.05, 3.63) is 64.4 Å². The Morgan fingerprint density at radius 2 is 1.65 bits per heavy atom. The van der Waals surface area contributed by atoms with Crippen LogP contribution in [-0.2, 0) is 9.59 Å². The molecule has 3 N–H and O–H groups in total. The minimum absolute atomic E-state index is 0.261. The summed E-state index contributed by atoms with van der Waals surface area (Å²) in [5, 5.41) is 7.48. The molecule has 0 radical (unpaired) electrons. The van der Waals surface area contributed by atoms with Gasteiger partial charge in [-0.3, -0.25) is 14.4 Å². The van der Waals surface area contributed by atoms with Crippen molar-refractivity contribution in [1.29, 1.82) is 0 Å². The summed E-state index contributed by atoms with van der Waals surface area (Å²) in [5.41, 5.74) is -0.260. The fourth-order valence-corrected chi connectivity index (χ4v) is 2.75. The molecular weight excluding hydrogens is 435 g/mol. The molecule has 0 aliphatic rings. The lowest BCUT2D eigenvalue weighted by molar-refractivity contribution is -0.126. The summed E-state index contributed by atoms with van der Waals surface area (Å²) in [6, 6.07) is 6.67. The summed E-state index contributed by atoms with van der Waals surface area (Å²) in [6.07, 6.45) is 0.561. The minimum Gasteiger partial charge on any atom is -0.345 e. The molecule has 10 heteroatoms. The average molecular weight is 456 g/mol. The van der Waals surface area contributed by atoms with Gasteiger partial charge in [0.25, 0.3) is 5.91 Å². The van der Waals surface area contributed by atoms with Gasteiger partial charge in [-0.05, 0) is 42.3 Å². The topological polar surface area (TPSA) is 87.3 Å². The second kappa shape index (κ2) is 10.8. The molecule has 0 saturated heterocycles. The van der Waals surface area contributed by atoms with Crippen LogP contribution < -0.4 is 16.0 Å². The standard InChI is InChI=1S/C21H21ClF3N3O3/c1-3-11(2)19(28-20(30)12-4-6-13(22)7-5-12)21(31)26-10-16(29)27-15-9-8-14(23)17(24)18(15)25/h4-9,11,19H,3,10H2,1-2H3,(H,26,31)(H,27,29)(H,28,30). The van der Waals surface area contributed by atoms with Crippen molar-refractivity contribution in [2.45, 2.75) is 26.3 Å². The molecule has 3 amide bonds. The van der Waals surface area contributed by atoms with Crippen LogP contribution in [0.25, 0.3) is 0 Å². The molecule has 2 atom stereocenters. The van der Waals surface area contributed by atoms with Crippen molar-refractivity contribution >= 4 is 35.0 Å². The summed E-state index contributed by atoms with van der Waals surface area (Å²) < 4.78 is 39.9. The number of nitrogens with one attached hydrogen (secondary N) is 3. The summed E-state index contributed by atoms with van der Waals surface area (Å²) in [6.45, 7) is 3.02. The number of carbonyl (C=O) groups is 3.